The van der Waals surface area contributed by atoms with E-state index in [1.54, 1.807) is 24.3 Å². The molecule has 0 bridgehead atoms. The zero-order valence-electron chi connectivity index (χ0n) is 13.5. The second-order valence-corrected chi connectivity index (χ2v) is 5.36. The molecule has 0 radical (unpaired) electrons. The number of rotatable bonds is 4. The van der Waals surface area contributed by atoms with E-state index in [0.717, 1.165) is 6.07 Å². The highest BCUT2D eigenvalue weighted by Gasteiger charge is 2.35. The van der Waals surface area contributed by atoms with Gasteiger partial charge < -0.3 is 24.7 Å². The molecule has 0 unspecified atom stereocenters. The summed E-state index contributed by atoms with van der Waals surface area (Å²) < 4.78 is 16.3. The van der Waals surface area contributed by atoms with Gasteiger partial charge in [-0.1, -0.05) is 12.1 Å². The molecule has 25 heavy (non-hydrogen) atoms. The minimum Gasteiger partial charge on any atom is -0.494 e. The maximum Gasteiger partial charge on any atom is 0.228 e. The molecule has 2 aromatic rings. The second-order valence-electron chi connectivity index (χ2n) is 5.36. The van der Waals surface area contributed by atoms with Gasteiger partial charge in [0.05, 0.1) is 12.5 Å². The summed E-state index contributed by atoms with van der Waals surface area (Å²) in [6.07, 6.45) is 0. The number of nitrogens with zero attached hydrogens (tertiary/aromatic N) is 1. The number of ether oxygens (including phenoxy) is 2. The van der Waals surface area contributed by atoms with E-state index in [4.69, 9.17) is 19.6 Å². The summed E-state index contributed by atoms with van der Waals surface area (Å²) in [6.45, 7) is 1.97. The fraction of sp³-hybridized carbons (Fsp3) is 0.222. The van der Waals surface area contributed by atoms with Crippen LogP contribution in [0.3, 0.4) is 0 Å². The van der Waals surface area contributed by atoms with Crippen LogP contribution in [0.25, 0.3) is 0 Å². The van der Waals surface area contributed by atoms with E-state index >= 15 is 0 Å². The van der Waals surface area contributed by atoms with Gasteiger partial charge in [0.15, 0.2) is 5.76 Å². The zero-order chi connectivity index (χ0) is 18.0. The molecule has 128 valence electrons. The summed E-state index contributed by atoms with van der Waals surface area (Å²) in [5.74, 6) is -0.0128. The van der Waals surface area contributed by atoms with Crippen molar-refractivity contribution >= 4 is 0 Å². The molecule has 7 nitrogen and oxygen atoms in total. The molecule has 1 aromatic heterocycles. The van der Waals surface area contributed by atoms with Gasteiger partial charge in [-0.2, -0.15) is 5.26 Å². The number of aliphatic hydroxyl groups is 1. The Hall–Kier alpha value is -3.24. The highest BCUT2D eigenvalue weighted by molar-refractivity contribution is 5.52. The highest BCUT2D eigenvalue weighted by atomic mass is 16.5. The average Bonchev–Trinajstić information content (AvgIpc) is 2.62. The monoisotopic (exact) mass is 340 g/mol. The first-order valence-corrected chi connectivity index (χ1v) is 7.67. The molecular formula is C18H16N2O5. The molecule has 3 N–H and O–H groups in total. The molecule has 0 amide bonds. The molecule has 0 spiro atoms. The van der Waals surface area contributed by atoms with Gasteiger partial charge in [0.1, 0.15) is 29.8 Å². The fourth-order valence-corrected chi connectivity index (χ4v) is 2.72. The van der Waals surface area contributed by atoms with Gasteiger partial charge >= 0.3 is 0 Å². The number of aliphatic hydroxyl groups excluding tert-OH is 1. The maximum absolute atomic E-state index is 12.2. The first kappa shape index (κ1) is 16.6. The third-order valence-electron chi connectivity index (χ3n) is 3.81. The van der Waals surface area contributed by atoms with E-state index in [0.29, 0.717) is 17.9 Å². The normalized spacial score (nSPS) is 16.0. The van der Waals surface area contributed by atoms with E-state index in [-0.39, 0.29) is 28.7 Å². The lowest BCUT2D eigenvalue weighted by Gasteiger charge is -2.24. The van der Waals surface area contributed by atoms with Gasteiger partial charge in [-0.3, -0.25) is 4.79 Å². The number of nitrogens with two attached hydrogens (primary N) is 1. The maximum atomic E-state index is 12.2. The lowest BCUT2D eigenvalue weighted by atomic mass is 9.87. The third-order valence-corrected chi connectivity index (χ3v) is 3.81. The summed E-state index contributed by atoms with van der Waals surface area (Å²) in [6, 6.07) is 10.2. The van der Waals surface area contributed by atoms with E-state index in [1.807, 2.05) is 13.0 Å². The average molecular weight is 340 g/mol. The molecule has 7 heteroatoms. The van der Waals surface area contributed by atoms with Crippen LogP contribution >= 0.6 is 0 Å². The number of nitriles is 1. The van der Waals surface area contributed by atoms with Crippen molar-refractivity contribution in [2.24, 2.45) is 5.73 Å². The van der Waals surface area contributed by atoms with Crippen LogP contribution in [0.5, 0.6) is 11.5 Å². The Morgan fingerprint density at radius 2 is 2.08 bits per heavy atom. The van der Waals surface area contributed by atoms with E-state index in [2.05, 4.69) is 0 Å². The summed E-state index contributed by atoms with van der Waals surface area (Å²) in [7, 11) is 0. The summed E-state index contributed by atoms with van der Waals surface area (Å²) in [5.41, 5.74) is 6.18. The Kier molecular flexibility index (Phi) is 4.46. The van der Waals surface area contributed by atoms with Crippen molar-refractivity contribution in [3.63, 3.8) is 0 Å². The molecule has 1 atom stereocenters. The van der Waals surface area contributed by atoms with Gasteiger partial charge in [-0.25, -0.2) is 0 Å². The van der Waals surface area contributed by atoms with Gasteiger partial charge in [-0.15, -0.1) is 0 Å². The number of hydrogen-bond acceptors (Lipinski definition) is 7. The van der Waals surface area contributed by atoms with Crippen molar-refractivity contribution in [1.82, 2.24) is 0 Å². The topological polar surface area (TPSA) is 119 Å². The molecular weight excluding hydrogens is 324 g/mol. The zero-order valence-corrected chi connectivity index (χ0v) is 13.5. The molecule has 0 saturated heterocycles. The summed E-state index contributed by atoms with van der Waals surface area (Å²) >= 11 is 0. The van der Waals surface area contributed by atoms with Crippen LogP contribution < -0.4 is 20.6 Å². The molecule has 2 heterocycles. The molecule has 3 rings (SSSR count). The molecule has 1 aliphatic rings. The Balaban J connectivity index is 2.18. The molecule has 0 saturated carbocycles. The molecule has 1 aromatic carbocycles. The van der Waals surface area contributed by atoms with Crippen LogP contribution in [0.4, 0.5) is 0 Å². The van der Waals surface area contributed by atoms with Gasteiger partial charge in [-0.05, 0) is 24.6 Å². The molecule has 0 fully saturated rings. The Bertz CT molecular complexity index is 922. The largest absolute Gasteiger partial charge is 0.494 e. The smallest absolute Gasteiger partial charge is 0.228 e. The van der Waals surface area contributed by atoms with Crippen LogP contribution in [0.15, 0.2) is 51.0 Å². The fourth-order valence-electron chi connectivity index (χ4n) is 2.72. The second kappa shape index (κ2) is 6.71. The highest BCUT2D eigenvalue weighted by Crippen LogP contribution is 2.41. The van der Waals surface area contributed by atoms with E-state index in [9.17, 15) is 15.2 Å². The Morgan fingerprint density at radius 1 is 1.36 bits per heavy atom. The van der Waals surface area contributed by atoms with Gasteiger partial charge in [0.2, 0.25) is 17.1 Å². The van der Waals surface area contributed by atoms with Crippen LogP contribution in [0.1, 0.15) is 29.9 Å². The van der Waals surface area contributed by atoms with Crippen molar-refractivity contribution in [3.8, 4) is 17.6 Å². The van der Waals surface area contributed by atoms with Crippen molar-refractivity contribution in [2.45, 2.75) is 19.4 Å². The number of benzene rings is 1. The number of allylic oxidation sites excluding steroid dienone is 1. The van der Waals surface area contributed by atoms with E-state index in [1.165, 1.54) is 0 Å². The van der Waals surface area contributed by atoms with Crippen molar-refractivity contribution in [3.05, 3.63) is 69.1 Å². The van der Waals surface area contributed by atoms with Crippen LogP contribution in [-0.4, -0.2) is 11.7 Å². The van der Waals surface area contributed by atoms with E-state index < -0.39 is 18.0 Å². The Morgan fingerprint density at radius 3 is 2.68 bits per heavy atom. The first-order chi connectivity index (χ1) is 12.1. The summed E-state index contributed by atoms with van der Waals surface area (Å²) in [5, 5.41) is 18.8. The van der Waals surface area contributed by atoms with Crippen molar-refractivity contribution in [1.29, 1.82) is 5.26 Å². The van der Waals surface area contributed by atoms with Crippen molar-refractivity contribution < 1.29 is 19.0 Å². The first-order valence-electron chi connectivity index (χ1n) is 7.67. The van der Waals surface area contributed by atoms with Crippen LogP contribution in [0, 0.1) is 11.3 Å². The van der Waals surface area contributed by atoms with Gasteiger partial charge in [0.25, 0.3) is 0 Å². The minimum atomic E-state index is -0.705. The van der Waals surface area contributed by atoms with Crippen LogP contribution in [-0.2, 0) is 6.61 Å². The minimum absolute atomic E-state index is 0.0763. The number of fused-ring (bicyclic) bond motifs is 1. The Labute approximate surface area is 143 Å². The predicted molar refractivity (Wildman–Crippen MR) is 87.8 cm³/mol. The lowest BCUT2D eigenvalue weighted by Crippen LogP contribution is -2.25. The SMILES string of the molecule is CCOc1ccc([C@@H]2C(C#N)=C(N)Oc3c2oc(CO)cc3=O)cc1. The molecule has 1 aliphatic heterocycles. The number of hydrogen-bond donors (Lipinski definition) is 2. The molecule has 0 aliphatic carbocycles. The standard InChI is InChI=1S/C18H16N2O5/c1-2-23-11-5-3-10(4-6-11)15-13(8-19)18(20)25-16-14(22)7-12(9-21)24-17(15)16/h3-7,15,21H,2,9,20H2,1H3/t15-/m1/s1. The predicted octanol–water partition coefficient (Wildman–Crippen LogP) is 1.75. The quantitative estimate of drug-likeness (QED) is 0.870. The van der Waals surface area contributed by atoms with Crippen molar-refractivity contribution in [2.75, 3.05) is 6.61 Å². The lowest BCUT2D eigenvalue weighted by molar-refractivity contribution is 0.231. The van der Waals surface area contributed by atoms with Gasteiger partial charge in [0, 0.05) is 6.07 Å². The summed E-state index contributed by atoms with van der Waals surface area (Å²) in [4.78, 5) is 12.2. The van der Waals surface area contributed by atoms with Crippen LogP contribution in [0.2, 0.25) is 0 Å². The third kappa shape index (κ3) is 2.95.